The molecule has 0 spiro atoms. The van der Waals surface area contributed by atoms with Gasteiger partial charge in [-0.15, -0.1) is 0 Å². The number of hydrogen-bond acceptors (Lipinski definition) is 4. The monoisotopic (exact) mass is 203 g/mol. The van der Waals surface area contributed by atoms with E-state index in [4.69, 9.17) is 16.3 Å². The lowest BCUT2D eigenvalue weighted by Gasteiger charge is -2.03. The van der Waals surface area contributed by atoms with Crippen LogP contribution in [0, 0.1) is 10.1 Å². The Morgan fingerprint density at radius 1 is 1.62 bits per heavy atom. The van der Waals surface area contributed by atoms with Crippen LogP contribution in [0.15, 0.2) is 12.1 Å². The Morgan fingerprint density at radius 2 is 2.23 bits per heavy atom. The van der Waals surface area contributed by atoms with Crippen molar-refractivity contribution in [1.29, 1.82) is 0 Å². The molecule has 0 fully saturated rings. The highest BCUT2D eigenvalue weighted by Crippen LogP contribution is 2.39. The highest BCUT2D eigenvalue weighted by atomic mass is 35.5. The minimum absolute atomic E-state index is 0.107. The summed E-state index contributed by atoms with van der Waals surface area (Å²) < 4.78 is 4.70. The van der Waals surface area contributed by atoms with Crippen LogP contribution >= 0.6 is 11.6 Å². The first-order valence-electron chi connectivity index (χ1n) is 3.27. The average Bonchev–Trinajstić information content (AvgIpc) is 2.09. The summed E-state index contributed by atoms with van der Waals surface area (Å²) in [6, 6.07) is 2.44. The van der Waals surface area contributed by atoms with Crippen molar-refractivity contribution in [3.8, 4) is 11.5 Å². The molecule has 13 heavy (non-hydrogen) atoms. The lowest BCUT2D eigenvalue weighted by atomic mass is 10.3. The minimum atomic E-state index is -0.679. The van der Waals surface area contributed by atoms with E-state index in [-0.39, 0.29) is 16.5 Å². The first-order valence-corrected chi connectivity index (χ1v) is 3.65. The quantitative estimate of drug-likeness (QED) is 0.589. The van der Waals surface area contributed by atoms with E-state index in [0.29, 0.717) is 0 Å². The number of halogens is 1. The van der Waals surface area contributed by atoms with Gasteiger partial charge >= 0.3 is 0 Å². The van der Waals surface area contributed by atoms with E-state index in [2.05, 4.69) is 0 Å². The Balaban J connectivity index is 3.31. The van der Waals surface area contributed by atoms with Gasteiger partial charge in [-0.3, -0.25) is 10.1 Å². The lowest BCUT2D eigenvalue weighted by molar-refractivity contribution is -0.384. The molecule has 0 saturated carbocycles. The van der Waals surface area contributed by atoms with Crippen LogP contribution in [0.1, 0.15) is 0 Å². The lowest BCUT2D eigenvalue weighted by Crippen LogP contribution is -1.91. The van der Waals surface area contributed by atoms with E-state index in [1.165, 1.54) is 19.2 Å². The molecule has 0 bridgehead atoms. The Bertz CT molecular complexity index is 353. The fourth-order valence-corrected chi connectivity index (χ4v) is 1.07. The summed E-state index contributed by atoms with van der Waals surface area (Å²) in [6.45, 7) is 0. The van der Waals surface area contributed by atoms with Gasteiger partial charge in [0, 0.05) is 6.07 Å². The van der Waals surface area contributed by atoms with Gasteiger partial charge in [0.15, 0.2) is 16.5 Å². The molecular formula is C7H6ClNO4. The number of hydrogen-bond donors (Lipinski definition) is 1. The van der Waals surface area contributed by atoms with Gasteiger partial charge in [-0.2, -0.15) is 0 Å². The minimum Gasteiger partial charge on any atom is -0.503 e. The van der Waals surface area contributed by atoms with Crippen LogP contribution in [0.2, 0.25) is 5.02 Å². The fraction of sp³-hybridized carbons (Fsp3) is 0.143. The molecule has 1 rings (SSSR count). The second-order valence-electron chi connectivity index (χ2n) is 2.21. The van der Waals surface area contributed by atoms with E-state index < -0.39 is 10.7 Å². The first kappa shape index (κ1) is 9.60. The highest BCUT2D eigenvalue weighted by Gasteiger charge is 2.18. The molecule has 0 aliphatic carbocycles. The summed E-state index contributed by atoms with van der Waals surface area (Å²) >= 11 is 5.50. The normalized spacial score (nSPS) is 9.69. The second kappa shape index (κ2) is 3.49. The molecular weight excluding hydrogens is 198 g/mol. The highest BCUT2D eigenvalue weighted by molar-refractivity contribution is 6.34. The van der Waals surface area contributed by atoms with E-state index >= 15 is 0 Å². The van der Waals surface area contributed by atoms with Crippen molar-refractivity contribution < 1.29 is 14.8 Å². The Kier molecular flexibility index (Phi) is 2.57. The van der Waals surface area contributed by atoms with Gasteiger partial charge < -0.3 is 9.84 Å². The third-order valence-electron chi connectivity index (χ3n) is 1.48. The van der Waals surface area contributed by atoms with Crippen molar-refractivity contribution in [1.82, 2.24) is 0 Å². The number of nitro groups is 1. The topological polar surface area (TPSA) is 72.6 Å². The molecule has 0 heterocycles. The van der Waals surface area contributed by atoms with Crippen molar-refractivity contribution in [2.45, 2.75) is 0 Å². The zero-order chi connectivity index (χ0) is 10.0. The third kappa shape index (κ3) is 1.65. The van der Waals surface area contributed by atoms with E-state index in [1.54, 1.807) is 0 Å². The molecule has 0 aromatic heterocycles. The summed E-state index contributed by atoms with van der Waals surface area (Å²) in [5.41, 5.74) is -0.347. The van der Waals surface area contributed by atoms with Crippen molar-refractivity contribution >= 4 is 17.3 Å². The molecule has 0 unspecified atom stereocenters. The van der Waals surface area contributed by atoms with Crippen molar-refractivity contribution in [2.24, 2.45) is 0 Å². The van der Waals surface area contributed by atoms with Crippen LogP contribution in [0.3, 0.4) is 0 Å². The van der Waals surface area contributed by atoms with Crippen molar-refractivity contribution in [3.05, 3.63) is 27.3 Å². The number of nitro benzene ring substituents is 1. The summed E-state index contributed by atoms with van der Waals surface area (Å²) in [6.07, 6.45) is 0. The smallest absolute Gasteiger partial charge is 0.291 e. The average molecular weight is 204 g/mol. The number of ether oxygens (including phenoxy) is 1. The Labute approximate surface area is 78.7 Å². The molecule has 0 atom stereocenters. The number of rotatable bonds is 2. The Morgan fingerprint density at radius 3 is 2.69 bits per heavy atom. The maximum absolute atomic E-state index is 10.3. The third-order valence-corrected chi connectivity index (χ3v) is 1.85. The number of phenols is 1. The van der Waals surface area contributed by atoms with E-state index in [9.17, 15) is 15.2 Å². The fourth-order valence-electron chi connectivity index (χ4n) is 0.842. The van der Waals surface area contributed by atoms with Gasteiger partial charge in [-0.05, 0) is 6.07 Å². The molecule has 1 N–H and O–H groups in total. The number of benzene rings is 1. The molecule has 0 aliphatic rings. The van der Waals surface area contributed by atoms with Crippen molar-refractivity contribution in [3.63, 3.8) is 0 Å². The van der Waals surface area contributed by atoms with Crippen LogP contribution in [0.25, 0.3) is 0 Å². The summed E-state index contributed by atoms with van der Waals surface area (Å²) in [7, 11) is 1.33. The Hall–Kier alpha value is -1.49. The van der Waals surface area contributed by atoms with Gasteiger partial charge in [0.2, 0.25) is 0 Å². The molecule has 5 nitrogen and oxygen atoms in total. The molecule has 70 valence electrons. The van der Waals surface area contributed by atoms with Crippen LogP contribution in [-0.4, -0.2) is 17.1 Å². The van der Waals surface area contributed by atoms with Crippen LogP contribution < -0.4 is 4.74 Å². The molecule has 0 amide bonds. The zero-order valence-corrected chi connectivity index (χ0v) is 7.41. The standard InChI is InChI=1S/C7H6ClNO4/c1-13-5-3-2-4(9(11)12)6(8)7(5)10/h2-3,10H,1H3. The number of methoxy groups -OCH3 is 1. The molecule has 1 aromatic rings. The van der Waals surface area contributed by atoms with Gasteiger partial charge in [-0.25, -0.2) is 0 Å². The van der Waals surface area contributed by atoms with E-state index in [0.717, 1.165) is 0 Å². The maximum Gasteiger partial charge on any atom is 0.291 e. The first-order chi connectivity index (χ1) is 6.07. The maximum atomic E-state index is 10.3. The molecule has 0 radical (unpaired) electrons. The molecule has 0 aliphatic heterocycles. The predicted molar refractivity (Wildman–Crippen MR) is 46.3 cm³/mol. The SMILES string of the molecule is COc1ccc([N+](=O)[O-])c(Cl)c1O. The van der Waals surface area contributed by atoms with E-state index in [1.807, 2.05) is 0 Å². The predicted octanol–water partition coefficient (Wildman–Crippen LogP) is 1.96. The van der Waals surface area contributed by atoms with Gasteiger partial charge in [-0.1, -0.05) is 11.6 Å². The van der Waals surface area contributed by atoms with Crippen LogP contribution in [0.5, 0.6) is 11.5 Å². The molecule has 1 aromatic carbocycles. The largest absolute Gasteiger partial charge is 0.503 e. The zero-order valence-electron chi connectivity index (χ0n) is 6.65. The van der Waals surface area contributed by atoms with Crippen LogP contribution in [-0.2, 0) is 0 Å². The number of nitrogens with zero attached hydrogens (tertiary/aromatic N) is 1. The summed E-state index contributed by atoms with van der Waals surface area (Å²) in [5, 5.41) is 19.3. The van der Waals surface area contributed by atoms with Gasteiger partial charge in [0.1, 0.15) is 0 Å². The number of aromatic hydroxyl groups is 1. The van der Waals surface area contributed by atoms with Gasteiger partial charge in [0.05, 0.1) is 12.0 Å². The molecule has 0 saturated heterocycles. The van der Waals surface area contributed by atoms with Crippen LogP contribution in [0.4, 0.5) is 5.69 Å². The van der Waals surface area contributed by atoms with Gasteiger partial charge in [0.25, 0.3) is 5.69 Å². The second-order valence-corrected chi connectivity index (χ2v) is 2.58. The number of phenolic OH excluding ortho intramolecular Hbond substituents is 1. The summed E-state index contributed by atoms with van der Waals surface area (Å²) in [5.74, 6) is -0.311. The van der Waals surface area contributed by atoms with Crippen molar-refractivity contribution in [2.75, 3.05) is 7.11 Å². The summed E-state index contributed by atoms with van der Waals surface area (Å²) in [4.78, 5) is 9.66. The molecule has 6 heteroatoms.